The summed E-state index contributed by atoms with van der Waals surface area (Å²) in [6.45, 7) is 2.65. The highest BCUT2D eigenvalue weighted by atomic mass is 32.2. The van der Waals surface area contributed by atoms with Gasteiger partial charge in [0.2, 0.25) is 0 Å². The lowest BCUT2D eigenvalue weighted by atomic mass is 9.99. The average Bonchev–Trinajstić information content (AvgIpc) is 2.28. The molecule has 0 aromatic carbocycles. The molecule has 1 aliphatic rings. The van der Waals surface area contributed by atoms with E-state index < -0.39 is 10.2 Å². The standard InChI is InChI=1S/C9H21N3O2S/c1-8(10-2)9-6-4-5-7-12(9)15(13,14)11-3/h8-11H,4-7H2,1-3H3. The lowest BCUT2D eigenvalue weighted by molar-refractivity contribution is 0.211. The molecular weight excluding hydrogens is 214 g/mol. The molecule has 0 aliphatic carbocycles. The van der Waals surface area contributed by atoms with Crippen molar-refractivity contribution >= 4 is 10.2 Å². The van der Waals surface area contributed by atoms with Crippen LogP contribution in [0.15, 0.2) is 0 Å². The lowest BCUT2D eigenvalue weighted by Gasteiger charge is -2.37. The maximum Gasteiger partial charge on any atom is 0.279 e. The maximum absolute atomic E-state index is 11.8. The molecular formula is C9H21N3O2S. The molecule has 1 heterocycles. The van der Waals surface area contributed by atoms with Crippen LogP contribution in [0.3, 0.4) is 0 Å². The van der Waals surface area contributed by atoms with Crippen molar-refractivity contribution < 1.29 is 8.42 Å². The summed E-state index contributed by atoms with van der Waals surface area (Å²) in [7, 11) is 0.0457. The first-order valence-electron chi connectivity index (χ1n) is 5.40. The minimum atomic E-state index is -3.28. The first-order valence-corrected chi connectivity index (χ1v) is 6.84. The van der Waals surface area contributed by atoms with E-state index in [0.29, 0.717) is 6.54 Å². The van der Waals surface area contributed by atoms with E-state index in [1.807, 2.05) is 14.0 Å². The smallest absolute Gasteiger partial charge is 0.279 e. The Balaban J connectivity index is 2.83. The van der Waals surface area contributed by atoms with Gasteiger partial charge >= 0.3 is 0 Å². The number of likely N-dealkylation sites (N-methyl/N-ethyl adjacent to an activating group) is 1. The van der Waals surface area contributed by atoms with Gasteiger partial charge in [0.1, 0.15) is 0 Å². The molecule has 1 aliphatic heterocycles. The van der Waals surface area contributed by atoms with E-state index in [9.17, 15) is 8.42 Å². The van der Waals surface area contributed by atoms with E-state index in [4.69, 9.17) is 0 Å². The molecule has 6 heteroatoms. The first-order chi connectivity index (χ1) is 7.03. The number of nitrogens with one attached hydrogen (secondary N) is 2. The first kappa shape index (κ1) is 12.9. The Hall–Kier alpha value is -0.170. The number of piperidine rings is 1. The van der Waals surface area contributed by atoms with Crippen LogP contribution in [0.25, 0.3) is 0 Å². The Bertz CT molecular complexity index is 292. The normalized spacial score (nSPS) is 26.5. The summed E-state index contributed by atoms with van der Waals surface area (Å²) >= 11 is 0. The summed E-state index contributed by atoms with van der Waals surface area (Å²) < 4.78 is 27.5. The van der Waals surface area contributed by atoms with Crippen LogP contribution in [0.1, 0.15) is 26.2 Å². The van der Waals surface area contributed by atoms with Gasteiger partial charge in [0.05, 0.1) is 0 Å². The monoisotopic (exact) mass is 235 g/mol. The predicted molar refractivity (Wildman–Crippen MR) is 60.8 cm³/mol. The van der Waals surface area contributed by atoms with Gasteiger partial charge in [0, 0.05) is 25.7 Å². The molecule has 0 amide bonds. The SMILES string of the molecule is CNC(C)C1CCCCN1S(=O)(=O)NC. The highest BCUT2D eigenvalue weighted by Crippen LogP contribution is 2.21. The Morgan fingerprint density at radius 3 is 2.53 bits per heavy atom. The van der Waals surface area contributed by atoms with Crippen LogP contribution in [0, 0.1) is 0 Å². The third kappa shape index (κ3) is 2.90. The van der Waals surface area contributed by atoms with Crippen LogP contribution in [-0.4, -0.2) is 45.4 Å². The quantitative estimate of drug-likeness (QED) is 0.716. The third-order valence-electron chi connectivity index (χ3n) is 3.10. The number of hydrogen-bond donors (Lipinski definition) is 2. The van der Waals surface area contributed by atoms with Crippen molar-refractivity contribution in [3.05, 3.63) is 0 Å². The van der Waals surface area contributed by atoms with Crippen molar-refractivity contribution in [2.24, 2.45) is 0 Å². The average molecular weight is 235 g/mol. The van der Waals surface area contributed by atoms with Gasteiger partial charge in [0.15, 0.2) is 0 Å². The van der Waals surface area contributed by atoms with E-state index in [0.717, 1.165) is 19.3 Å². The Morgan fingerprint density at radius 1 is 1.33 bits per heavy atom. The molecule has 0 bridgehead atoms. The fourth-order valence-electron chi connectivity index (χ4n) is 2.04. The van der Waals surface area contributed by atoms with Crippen molar-refractivity contribution in [1.82, 2.24) is 14.3 Å². The Labute approximate surface area is 92.4 Å². The van der Waals surface area contributed by atoms with Gasteiger partial charge in [-0.15, -0.1) is 0 Å². The Morgan fingerprint density at radius 2 is 2.00 bits per heavy atom. The molecule has 2 unspecified atom stereocenters. The summed E-state index contributed by atoms with van der Waals surface area (Å²) in [6, 6.07) is 0.259. The highest BCUT2D eigenvalue weighted by Gasteiger charge is 2.33. The topological polar surface area (TPSA) is 61.4 Å². The predicted octanol–water partition coefficient (Wildman–Crippen LogP) is -0.0870. The third-order valence-corrected chi connectivity index (χ3v) is 4.68. The fraction of sp³-hybridized carbons (Fsp3) is 1.00. The van der Waals surface area contributed by atoms with Crippen molar-refractivity contribution in [3.63, 3.8) is 0 Å². The van der Waals surface area contributed by atoms with Gasteiger partial charge in [-0.2, -0.15) is 12.7 Å². The van der Waals surface area contributed by atoms with Crippen molar-refractivity contribution in [1.29, 1.82) is 0 Å². The van der Waals surface area contributed by atoms with Crippen LogP contribution in [0.4, 0.5) is 0 Å². The van der Waals surface area contributed by atoms with E-state index in [1.165, 1.54) is 7.05 Å². The molecule has 1 fully saturated rings. The van der Waals surface area contributed by atoms with E-state index >= 15 is 0 Å². The largest absolute Gasteiger partial charge is 0.316 e. The molecule has 5 nitrogen and oxygen atoms in total. The molecule has 1 rings (SSSR count). The fourth-order valence-corrected chi connectivity index (χ4v) is 3.29. The van der Waals surface area contributed by atoms with Crippen LogP contribution in [0.2, 0.25) is 0 Å². The molecule has 0 saturated carbocycles. The molecule has 90 valence electrons. The van der Waals surface area contributed by atoms with Crippen LogP contribution >= 0.6 is 0 Å². The number of nitrogens with zero attached hydrogens (tertiary/aromatic N) is 1. The van der Waals surface area contributed by atoms with Crippen LogP contribution in [0.5, 0.6) is 0 Å². The van der Waals surface area contributed by atoms with Gasteiger partial charge in [-0.1, -0.05) is 6.42 Å². The van der Waals surface area contributed by atoms with E-state index in [2.05, 4.69) is 10.0 Å². The highest BCUT2D eigenvalue weighted by molar-refractivity contribution is 7.87. The minimum Gasteiger partial charge on any atom is -0.316 e. The summed E-state index contributed by atoms with van der Waals surface area (Å²) in [4.78, 5) is 0. The van der Waals surface area contributed by atoms with Gasteiger partial charge in [0.25, 0.3) is 10.2 Å². The zero-order chi connectivity index (χ0) is 11.5. The van der Waals surface area contributed by atoms with Gasteiger partial charge in [-0.05, 0) is 26.8 Å². The minimum absolute atomic E-state index is 0.0706. The van der Waals surface area contributed by atoms with Gasteiger partial charge in [-0.25, -0.2) is 4.72 Å². The second-order valence-electron chi connectivity index (χ2n) is 3.96. The van der Waals surface area contributed by atoms with E-state index in [1.54, 1.807) is 4.31 Å². The molecule has 0 spiro atoms. The number of hydrogen-bond acceptors (Lipinski definition) is 3. The van der Waals surface area contributed by atoms with Gasteiger partial charge < -0.3 is 5.32 Å². The number of rotatable bonds is 4. The zero-order valence-corrected chi connectivity index (χ0v) is 10.5. The molecule has 15 heavy (non-hydrogen) atoms. The molecule has 2 N–H and O–H groups in total. The molecule has 0 aromatic heterocycles. The Kier molecular flexibility index (Phi) is 4.51. The maximum atomic E-state index is 11.8. The second kappa shape index (κ2) is 5.25. The van der Waals surface area contributed by atoms with Crippen molar-refractivity contribution in [2.45, 2.75) is 38.3 Å². The van der Waals surface area contributed by atoms with Gasteiger partial charge in [-0.3, -0.25) is 0 Å². The van der Waals surface area contributed by atoms with Crippen LogP contribution < -0.4 is 10.0 Å². The second-order valence-corrected chi connectivity index (χ2v) is 5.79. The molecule has 0 aromatic rings. The summed E-state index contributed by atoms with van der Waals surface area (Å²) in [6.07, 6.45) is 2.99. The van der Waals surface area contributed by atoms with Crippen LogP contribution in [-0.2, 0) is 10.2 Å². The summed E-state index contributed by atoms with van der Waals surface area (Å²) in [5.74, 6) is 0. The molecule has 1 saturated heterocycles. The van der Waals surface area contributed by atoms with Crippen molar-refractivity contribution in [3.8, 4) is 0 Å². The zero-order valence-electron chi connectivity index (χ0n) is 9.66. The molecule has 2 atom stereocenters. The van der Waals surface area contributed by atoms with E-state index in [-0.39, 0.29) is 12.1 Å². The molecule has 0 radical (unpaired) electrons. The summed E-state index contributed by atoms with van der Waals surface area (Å²) in [5, 5.41) is 3.13. The van der Waals surface area contributed by atoms with Crippen molar-refractivity contribution in [2.75, 3.05) is 20.6 Å². The summed E-state index contributed by atoms with van der Waals surface area (Å²) in [5.41, 5.74) is 0. The lowest BCUT2D eigenvalue weighted by Crippen LogP contribution is -2.54.